The predicted octanol–water partition coefficient (Wildman–Crippen LogP) is 2.58. The van der Waals surface area contributed by atoms with E-state index in [1.165, 1.54) is 18.2 Å². The Labute approximate surface area is 108 Å². The van der Waals surface area contributed by atoms with E-state index >= 15 is 0 Å². The van der Waals surface area contributed by atoms with Gasteiger partial charge in [-0.2, -0.15) is 5.26 Å². The zero-order valence-corrected chi connectivity index (χ0v) is 10.2. The summed E-state index contributed by atoms with van der Waals surface area (Å²) >= 11 is 6.03. The Hall–Kier alpha value is -2.25. The minimum atomic E-state index is -0.466. The molecule has 4 nitrogen and oxygen atoms in total. The van der Waals surface area contributed by atoms with Gasteiger partial charge in [-0.1, -0.05) is 11.6 Å². The molecular weight excluding hydrogens is 252 g/mol. The van der Waals surface area contributed by atoms with Crippen LogP contribution in [0.5, 0.6) is 5.75 Å². The molecule has 5 heteroatoms. The van der Waals surface area contributed by atoms with Gasteiger partial charge in [0.25, 0.3) is 5.56 Å². The van der Waals surface area contributed by atoms with Crippen LogP contribution in [0, 0.1) is 18.3 Å². The highest BCUT2D eigenvalue weighted by Crippen LogP contribution is 2.32. The quantitative estimate of drug-likeness (QED) is 0.827. The number of pyridine rings is 1. The summed E-state index contributed by atoms with van der Waals surface area (Å²) in [6.07, 6.45) is 0. The number of aryl methyl sites for hydroxylation is 1. The normalized spacial score (nSPS) is 10.1. The largest absolute Gasteiger partial charge is 0.508 e. The van der Waals surface area contributed by atoms with Gasteiger partial charge in [-0.05, 0) is 31.2 Å². The Balaban J connectivity index is 2.83. The van der Waals surface area contributed by atoms with Crippen LogP contribution in [-0.2, 0) is 0 Å². The molecule has 0 saturated heterocycles. The zero-order chi connectivity index (χ0) is 13.3. The smallest absolute Gasteiger partial charge is 0.266 e. The number of H-pyrrole nitrogens is 1. The fourth-order valence-electron chi connectivity index (χ4n) is 1.73. The van der Waals surface area contributed by atoms with Crippen LogP contribution < -0.4 is 5.56 Å². The number of hydrogen-bond donors (Lipinski definition) is 2. The number of phenolic OH excluding ortho intramolecular Hbond substituents is 1. The highest BCUT2D eigenvalue weighted by molar-refractivity contribution is 6.33. The maximum atomic E-state index is 11.7. The lowest BCUT2D eigenvalue weighted by molar-refractivity contribution is 0.475. The predicted molar refractivity (Wildman–Crippen MR) is 68.6 cm³/mol. The summed E-state index contributed by atoms with van der Waals surface area (Å²) in [7, 11) is 0. The first kappa shape index (κ1) is 12.2. The van der Waals surface area contributed by atoms with E-state index in [0.29, 0.717) is 21.8 Å². The van der Waals surface area contributed by atoms with Crippen molar-refractivity contribution >= 4 is 11.6 Å². The van der Waals surface area contributed by atoms with Crippen molar-refractivity contribution < 1.29 is 5.11 Å². The first-order valence-corrected chi connectivity index (χ1v) is 5.53. The Morgan fingerprint density at radius 2 is 2.06 bits per heavy atom. The maximum absolute atomic E-state index is 11.7. The van der Waals surface area contributed by atoms with Crippen molar-refractivity contribution in [2.24, 2.45) is 0 Å². The van der Waals surface area contributed by atoms with Crippen LogP contribution in [0.15, 0.2) is 29.1 Å². The molecule has 0 unspecified atom stereocenters. The third-order valence-corrected chi connectivity index (χ3v) is 2.85. The number of aromatic hydroxyl groups is 1. The number of hydrogen-bond acceptors (Lipinski definition) is 3. The van der Waals surface area contributed by atoms with Gasteiger partial charge >= 0.3 is 0 Å². The molecule has 0 spiro atoms. The highest BCUT2D eigenvalue weighted by Gasteiger charge is 2.13. The molecule has 0 aliphatic carbocycles. The lowest BCUT2D eigenvalue weighted by Gasteiger charge is -2.07. The van der Waals surface area contributed by atoms with E-state index in [0.717, 1.165) is 0 Å². The van der Waals surface area contributed by atoms with E-state index in [1.54, 1.807) is 13.0 Å². The van der Waals surface area contributed by atoms with Crippen molar-refractivity contribution in [1.82, 2.24) is 4.98 Å². The fraction of sp³-hybridized carbons (Fsp3) is 0.0769. The summed E-state index contributed by atoms with van der Waals surface area (Å²) in [5.41, 5.74) is 1.01. The molecular formula is C13H9ClN2O2. The topological polar surface area (TPSA) is 76.9 Å². The van der Waals surface area contributed by atoms with Gasteiger partial charge < -0.3 is 10.1 Å². The molecule has 1 aromatic carbocycles. The van der Waals surface area contributed by atoms with E-state index in [9.17, 15) is 9.90 Å². The second kappa shape index (κ2) is 4.55. The molecule has 18 heavy (non-hydrogen) atoms. The Kier molecular flexibility index (Phi) is 3.09. The third-order valence-electron chi connectivity index (χ3n) is 2.52. The minimum absolute atomic E-state index is 0.0203. The summed E-state index contributed by atoms with van der Waals surface area (Å²) in [4.78, 5) is 14.2. The number of rotatable bonds is 1. The van der Waals surface area contributed by atoms with Gasteiger partial charge in [0.05, 0.1) is 0 Å². The molecule has 0 radical (unpaired) electrons. The van der Waals surface area contributed by atoms with E-state index in [-0.39, 0.29) is 11.3 Å². The molecule has 90 valence electrons. The van der Waals surface area contributed by atoms with Gasteiger partial charge in [0.1, 0.15) is 17.4 Å². The molecule has 0 amide bonds. The number of aromatic amines is 1. The lowest BCUT2D eigenvalue weighted by atomic mass is 10.0. The summed E-state index contributed by atoms with van der Waals surface area (Å²) in [6, 6.07) is 7.89. The molecule has 1 heterocycles. The Bertz CT molecular complexity index is 714. The van der Waals surface area contributed by atoms with E-state index in [1.807, 2.05) is 6.07 Å². The van der Waals surface area contributed by atoms with Crippen molar-refractivity contribution in [1.29, 1.82) is 5.26 Å². The summed E-state index contributed by atoms with van der Waals surface area (Å²) in [5.74, 6) is 0.0243. The number of nitrogens with one attached hydrogen (secondary N) is 1. The fourth-order valence-corrected chi connectivity index (χ4v) is 1.95. The molecule has 0 aliphatic heterocycles. The van der Waals surface area contributed by atoms with Crippen LogP contribution in [0.2, 0.25) is 5.02 Å². The third kappa shape index (κ3) is 2.08. The number of nitriles is 1. The standard InChI is InChI=1S/C13H9ClN2O2/c1-7-4-9(11(6-15)13(18)16-7)10-5-8(17)2-3-12(10)14/h2-5,17H,1H3,(H,16,18). The van der Waals surface area contributed by atoms with Gasteiger partial charge in [-0.25, -0.2) is 0 Å². The maximum Gasteiger partial charge on any atom is 0.266 e. The molecule has 1 aromatic heterocycles. The lowest BCUT2D eigenvalue weighted by Crippen LogP contribution is -2.12. The second-order valence-electron chi connectivity index (χ2n) is 3.85. The summed E-state index contributed by atoms with van der Waals surface area (Å²) < 4.78 is 0. The molecule has 0 fully saturated rings. The molecule has 0 atom stereocenters. The first-order valence-electron chi connectivity index (χ1n) is 5.16. The van der Waals surface area contributed by atoms with Gasteiger partial charge in [0.2, 0.25) is 0 Å². The number of halogens is 1. The van der Waals surface area contributed by atoms with Gasteiger partial charge in [-0.15, -0.1) is 0 Å². The van der Waals surface area contributed by atoms with Crippen LogP contribution in [0.3, 0.4) is 0 Å². The molecule has 2 rings (SSSR count). The number of benzene rings is 1. The first-order chi connectivity index (χ1) is 8.52. The second-order valence-corrected chi connectivity index (χ2v) is 4.25. The van der Waals surface area contributed by atoms with E-state index < -0.39 is 5.56 Å². The SMILES string of the molecule is Cc1cc(-c2cc(O)ccc2Cl)c(C#N)c(=O)[nH]1. The molecule has 0 aliphatic rings. The number of aromatic nitrogens is 1. The van der Waals surface area contributed by atoms with Crippen LogP contribution in [0.4, 0.5) is 0 Å². The van der Waals surface area contributed by atoms with Crippen LogP contribution >= 0.6 is 11.6 Å². The molecule has 0 bridgehead atoms. The average molecular weight is 261 g/mol. The van der Waals surface area contributed by atoms with Crippen molar-refractivity contribution in [2.75, 3.05) is 0 Å². The monoisotopic (exact) mass is 260 g/mol. The summed E-state index contributed by atoms with van der Waals surface area (Å²) in [6.45, 7) is 1.71. The van der Waals surface area contributed by atoms with Gasteiger partial charge in [-0.3, -0.25) is 4.79 Å². The number of nitrogens with zero attached hydrogens (tertiary/aromatic N) is 1. The van der Waals surface area contributed by atoms with Crippen molar-refractivity contribution in [3.63, 3.8) is 0 Å². The van der Waals surface area contributed by atoms with Gasteiger partial charge in [0.15, 0.2) is 0 Å². The Morgan fingerprint density at radius 3 is 2.72 bits per heavy atom. The van der Waals surface area contributed by atoms with Crippen LogP contribution in [0.1, 0.15) is 11.3 Å². The van der Waals surface area contributed by atoms with Crippen molar-refractivity contribution in [3.8, 4) is 22.9 Å². The Morgan fingerprint density at radius 1 is 1.33 bits per heavy atom. The van der Waals surface area contributed by atoms with Crippen molar-refractivity contribution in [2.45, 2.75) is 6.92 Å². The molecule has 0 saturated carbocycles. The van der Waals surface area contributed by atoms with E-state index in [4.69, 9.17) is 16.9 Å². The minimum Gasteiger partial charge on any atom is -0.508 e. The number of phenols is 1. The van der Waals surface area contributed by atoms with E-state index in [2.05, 4.69) is 4.98 Å². The zero-order valence-electron chi connectivity index (χ0n) is 9.49. The van der Waals surface area contributed by atoms with Gasteiger partial charge in [0, 0.05) is 21.8 Å². The molecule has 2 N–H and O–H groups in total. The van der Waals surface area contributed by atoms with Crippen LogP contribution in [0.25, 0.3) is 11.1 Å². The molecule has 2 aromatic rings. The van der Waals surface area contributed by atoms with Crippen molar-refractivity contribution in [3.05, 3.63) is 50.9 Å². The highest BCUT2D eigenvalue weighted by atomic mass is 35.5. The average Bonchev–Trinajstić information content (AvgIpc) is 2.31. The van der Waals surface area contributed by atoms with Crippen LogP contribution in [-0.4, -0.2) is 10.1 Å². The summed E-state index contributed by atoms with van der Waals surface area (Å²) in [5, 5.41) is 18.9.